The number of hydrogen-bond donors (Lipinski definition) is 3. The highest BCUT2D eigenvalue weighted by molar-refractivity contribution is 7.08. The van der Waals surface area contributed by atoms with Crippen molar-refractivity contribution in [2.45, 2.75) is 25.9 Å². The first-order valence-electron chi connectivity index (χ1n) is 5.87. The number of rotatable bonds is 7. The van der Waals surface area contributed by atoms with E-state index in [-0.39, 0.29) is 0 Å². The van der Waals surface area contributed by atoms with Crippen molar-refractivity contribution in [2.75, 3.05) is 11.4 Å². The topological polar surface area (TPSA) is 107 Å². The molecule has 0 radical (unpaired) electrons. The first-order valence-corrected chi connectivity index (χ1v) is 6.81. The Labute approximate surface area is 119 Å². The van der Waals surface area contributed by atoms with E-state index in [1.165, 1.54) is 25.2 Å². The van der Waals surface area contributed by atoms with E-state index in [1.807, 2.05) is 0 Å². The Morgan fingerprint density at radius 1 is 1.30 bits per heavy atom. The van der Waals surface area contributed by atoms with Crippen LogP contribution in [-0.4, -0.2) is 46.7 Å². The lowest BCUT2D eigenvalue weighted by Crippen LogP contribution is -2.51. The zero-order valence-electron chi connectivity index (χ0n) is 11.1. The Morgan fingerprint density at radius 2 is 1.95 bits per heavy atom. The van der Waals surface area contributed by atoms with Gasteiger partial charge in [-0.15, -0.1) is 0 Å². The summed E-state index contributed by atoms with van der Waals surface area (Å²) in [6.07, 6.45) is 0. The van der Waals surface area contributed by atoms with Gasteiger partial charge in [0.1, 0.15) is 12.6 Å². The van der Waals surface area contributed by atoms with E-state index in [0.717, 1.165) is 4.90 Å². The van der Waals surface area contributed by atoms with Crippen LogP contribution in [0, 0.1) is 0 Å². The van der Waals surface area contributed by atoms with Crippen LogP contribution in [0.1, 0.15) is 13.8 Å². The molecular formula is C12H16N2O5S. The van der Waals surface area contributed by atoms with Crippen molar-refractivity contribution in [1.29, 1.82) is 0 Å². The Hall–Kier alpha value is -1.93. The molecule has 0 aliphatic carbocycles. The third-order valence-corrected chi connectivity index (χ3v) is 3.29. The minimum atomic E-state index is -1.14. The highest BCUT2D eigenvalue weighted by atomic mass is 32.1. The number of carboxylic acids is 2. The predicted octanol–water partition coefficient (Wildman–Crippen LogP) is 0.617. The third-order valence-electron chi connectivity index (χ3n) is 2.62. The summed E-state index contributed by atoms with van der Waals surface area (Å²) in [4.78, 5) is 35.0. The fourth-order valence-corrected chi connectivity index (χ4v) is 2.24. The summed E-state index contributed by atoms with van der Waals surface area (Å²) in [7, 11) is 0. The number of carbonyl (C=O) groups is 3. The van der Waals surface area contributed by atoms with E-state index in [9.17, 15) is 14.4 Å². The molecule has 0 bridgehead atoms. The number of aliphatic carboxylic acids is 2. The number of nitrogens with zero attached hydrogens (tertiary/aromatic N) is 1. The molecule has 0 saturated carbocycles. The normalized spacial score (nSPS) is 13.5. The molecule has 7 nitrogen and oxygen atoms in total. The first kappa shape index (κ1) is 16.1. The summed E-state index contributed by atoms with van der Waals surface area (Å²) >= 11 is 1.34. The van der Waals surface area contributed by atoms with Gasteiger partial charge in [0.05, 0.1) is 11.7 Å². The fraction of sp³-hybridized carbons (Fsp3) is 0.417. The lowest BCUT2D eigenvalue weighted by molar-refractivity contribution is -0.140. The zero-order valence-corrected chi connectivity index (χ0v) is 11.9. The molecule has 20 heavy (non-hydrogen) atoms. The van der Waals surface area contributed by atoms with E-state index >= 15 is 0 Å². The van der Waals surface area contributed by atoms with Crippen molar-refractivity contribution in [3.05, 3.63) is 16.8 Å². The average Bonchev–Trinajstić information content (AvgIpc) is 2.88. The highest BCUT2D eigenvalue weighted by Crippen LogP contribution is 2.19. The molecular weight excluding hydrogens is 284 g/mol. The Kier molecular flexibility index (Phi) is 5.66. The number of thiophene rings is 1. The van der Waals surface area contributed by atoms with E-state index in [4.69, 9.17) is 10.2 Å². The summed E-state index contributed by atoms with van der Waals surface area (Å²) < 4.78 is 0. The molecule has 0 aliphatic heterocycles. The monoisotopic (exact) mass is 300 g/mol. The second-order valence-electron chi connectivity index (χ2n) is 4.25. The lowest BCUT2D eigenvalue weighted by Gasteiger charge is -2.25. The van der Waals surface area contributed by atoms with Crippen LogP contribution < -0.4 is 10.2 Å². The van der Waals surface area contributed by atoms with E-state index in [0.29, 0.717) is 5.69 Å². The standard InChI is InChI=1S/C12H16N2O5S/c1-7(13-8(2)12(18)19)11(17)14(5-10(15)16)9-3-4-20-6-9/h3-4,6-8,13H,5H2,1-2H3,(H,15,16)(H,18,19). The number of hydrogen-bond acceptors (Lipinski definition) is 5. The van der Waals surface area contributed by atoms with Crippen molar-refractivity contribution in [1.82, 2.24) is 5.32 Å². The van der Waals surface area contributed by atoms with Gasteiger partial charge in [-0.25, -0.2) is 0 Å². The number of carbonyl (C=O) groups excluding carboxylic acids is 1. The molecule has 2 unspecified atom stereocenters. The van der Waals surface area contributed by atoms with Crippen LogP contribution in [0.3, 0.4) is 0 Å². The summed E-state index contributed by atoms with van der Waals surface area (Å²) in [6.45, 7) is 2.45. The van der Waals surface area contributed by atoms with E-state index < -0.39 is 36.5 Å². The van der Waals surface area contributed by atoms with Crippen LogP contribution in [0.15, 0.2) is 16.8 Å². The van der Waals surface area contributed by atoms with Gasteiger partial charge in [0.2, 0.25) is 5.91 Å². The van der Waals surface area contributed by atoms with Gasteiger partial charge < -0.3 is 10.2 Å². The number of amides is 1. The molecule has 110 valence electrons. The van der Waals surface area contributed by atoms with Gasteiger partial charge in [-0.2, -0.15) is 11.3 Å². The van der Waals surface area contributed by atoms with E-state index in [2.05, 4.69) is 5.32 Å². The molecule has 0 spiro atoms. The summed E-state index contributed by atoms with van der Waals surface area (Å²) in [5.41, 5.74) is 0.485. The molecule has 1 heterocycles. The maximum atomic E-state index is 12.2. The molecule has 1 rings (SSSR count). The number of anilines is 1. The smallest absolute Gasteiger partial charge is 0.323 e. The SMILES string of the molecule is CC(NC(C)C(=O)N(CC(=O)O)c1ccsc1)C(=O)O. The maximum absolute atomic E-state index is 12.2. The van der Waals surface area contributed by atoms with Gasteiger partial charge in [0.25, 0.3) is 0 Å². The molecule has 8 heteroatoms. The molecule has 0 saturated heterocycles. The molecule has 2 atom stereocenters. The van der Waals surface area contributed by atoms with Crippen LogP contribution in [0.25, 0.3) is 0 Å². The van der Waals surface area contributed by atoms with Gasteiger partial charge in [0.15, 0.2) is 0 Å². The highest BCUT2D eigenvalue weighted by Gasteiger charge is 2.26. The molecule has 1 aromatic rings. The zero-order chi connectivity index (χ0) is 15.3. The number of nitrogens with one attached hydrogen (secondary N) is 1. The maximum Gasteiger partial charge on any atom is 0.323 e. The van der Waals surface area contributed by atoms with Crippen LogP contribution in [0.2, 0.25) is 0 Å². The van der Waals surface area contributed by atoms with Crippen LogP contribution in [0.5, 0.6) is 0 Å². The van der Waals surface area contributed by atoms with Gasteiger partial charge in [-0.3, -0.25) is 24.6 Å². The molecule has 0 fully saturated rings. The first-order chi connectivity index (χ1) is 9.32. The molecule has 0 aromatic carbocycles. The Bertz CT molecular complexity index is 488. The summed E-state index contributed by atoms with van der Waals surface area (Å²) in [5.74, 6) is -2.70. The van der Waals surface area contributed by atoms with E-state index in [1.54, 1.807) is 16.8 Å². The minimum absolute atomic E-state index is 0.469. The predicted molar refractivity (Wildman–Crippen MR) is 74.0 cm³/mol. The second kappa shape index (κ2) is 7.01. The van der Waals surface area contributed by atoms with Crippen molar-refractivity contribution in [2.24, 2.45) is 0 Å². The summed E-state index contributed by atoms with van der Waals surface area (Å²) in [5, 5.41) is 23.7. The van der Waals surface area contributed by atoms with Crippen LogP contribution in [0.4, 0.5) is 5.69 Å². The van der Waals surface area contributed by atoms with Crippen molar-refractivity contribution in [3.8, 4) is 0 Å². The van der Waals surface area contributed by atoms with Gasteiger partial charge in [-0.05, 0) is 25.3 Å². The van der Waals surface area contributed by atoms with Gasteiger partial charge in [0, 0.05) is 5.38 Å². The molecule has 1 aromatic heterocycles. The van der Waals surface area contributed by atoms with Crippen molar-refractivity contribution in [3.63, 3.8) is 0 Å². The minimum Gasteiger partial charge on any atom is -0.480 e. The number of carboxylic acid groups (broad SMARTS) is 2. The second-order valence-corrected chi connectivity index (χ2v) is 5.03. The average molecular weight is 300 g/mol. The van der Waals surface area contributed by atoms with Crippen LogP contribution in [-0.2, 0) is 14.4 Å². The fourth-order valence-electron chi connectivity index (χ4n) is 1.59. The molecule has 0 aliphatic rings. The molecule has 1 amide bonds. The van der Waals surface area contributed by atoms with Crippen molar-refractivity contribution >= 4 is 34.9 Å². The Morgan fingerprint density at radius 3 is 2.40 bits per heavy atom. The van der Waals surface area contributed by atoms with Gasteiger partial charge >= 0.3 is 11.9 Å². The summed E-state index contributed by atoms with van der Waals surface area (Å²) in [6, 6.07) is -0.0674. The largest absolute Gasteiger partial charge is 0.480 e. The van der Waals surface area contributed by atoms with Gasteiger partial charge in [-0.1, -0.05) is 0 Å². The lowest BCUT2D eigenvalue weighted by atomic mass is 10.2. The Balaban J connectivity index is 2.83. The van der Waals surface area contributed by atoms with Crippen LogP contribution >= 0.6 is 11.3 Å². The quantitative estimate of drug-likeness (QED) is 0.681. The third kappa shape index (κ3) is 4.32. The van der Waals surface area contributed by atoms with Crippen molar-refractivity contribution < 1.29 is 24.6 Å². The molecule has 3 N–H and O–H groups in total.